The first-order chi connectivity index (χ1) is 14.7. The molecule has 2 aromatic rings. The van der Waals surface area contributed by atoms with E-state index in [0.717, 1.165) is 4.31 Å². The van der Waals surface area contributed by atoms with Crippen molar-refractivity contribution in [2.45, 2.75) is 30.7 Å². The maximum atomic E-state index is 13.2. The van der Waals surface area contributed by atoms with E-state index >= 15 is 0 Å². The monoisotopic (exact) mass is 469 g/mol. The number of hydrogen-bond donors (Lipinski definition) is 1. The second-order valence-corrected chi connectivity index (χ2v) is 9.30. The van der Waals surface area contributed by atoms with E-state index in [1.165, 1.54) is 30.0 Å². The van der Waals surface area contributed by atoms with E-state index in [1.807, 2.05) is 0 Å². The number of aryl methyl sites for hydroxylation is 1. The quantitative estimate of drug-likeness (QED) is 0.625. The first kappa shape index (κ1) is 23.1. The van der Waals surface area contributed by atoms with E-state index in [2.05, 4.69) is 5.32 Å². The van der Waals surface area contributed by atoms with Crippen LogP contribution in [0.2, 0.25) is 5.02 Å². The summed E-state index contributed by atoms with van der Waals surface area (Å²) in [5.41, 5.74) is 0.554. The molecule has 1 aromatic heterocycles. The molecule has 1 saturated heterocycles. The number of methoxy groups -OCH3 is 1. The molecule has 2 heterocycles. The number of amides is 1. The first-order valence-electron chi connectivity index (χ1n) is 9.68. The molecule has 1 N–H and O–H groups in total. The molecule has 1 aliphatic heterocycles. The van der Waals surface area contributed by atoms with Crippen molar-refractivity contribution >= 4 is 39.2 Å². The van der Waals surface area contributed by atoms with Gasteiger partial charge in [0.05, 0.1) is 18.7 Å². The van der Waals surface area contributed by atoms with Crippen molar-refractivity contribution in [2.75, 3.05) is 25.6 Å². The maximum absolute atomic E-state index is 13.2. The predicted molar refractivity (Wildman–Crippen MR) is 115 cm³/mol. The molecule has 1 amide bonds. The number of nitrogens with zero attached hydrogens (tertiary/aromatic N) is 2. The number of ether oxygens (including phenoxy) is 2. The van der Waals surface area contributed by atoms with Gasteiger partial charge in [0.2, 0.25) is 15.9 Å². The molecule has 1 atom stereocenters. The Morgan fingerprint density at radius 3 is 2.68 bits per heavy atom. The molecule has 168 valence electrons. The van der Waals surface area contributed by atoms with Crippen LogP contribution >= 0.6 is 11.6 Å². The molecular weight excluding hydrogens is 446 g/mol. The van der Waals surface area contributed by atoms with Crippen LogP contribution in [0.25, 0.3) is 0 Å². The minimum absolute atomic E-state index is 0.0646. The summed E-state index contributed by atoms with van der Waals surface area (Å²) in [7, 11) is -0.950. The average Bonchev–Trinajstić information content (AvgIpc) is 3.36. The molecule has 31 heavy (non-hydrogen) atoms. The zero-order chi connectivity index (χ0) is 22.8. The second kappa shape index (κ2) is 9.29. The van der Waals surface area contributed by atoms with Gasteiger partial charge in [0.25, 0.3) is 0 Å². The molecule has 1 aromatic carbocycles. The minimum Gasteiger partial charge on any atom is -0.495 e. The van der Waals surface area contributed by atoms with Crippen LogP contribution in [0.15, 0.2) is 35.4 Å². The molecule has 0 bridgehead atoms. The Labute approximate surface area is 185 Å². The number of halogens is 1. The van der Waals surface area contributed by atoms with E-state index in [1.54, 1.807) is 26.1 Å². The van der Waals surface area contributed by atoms with Crippen LogP contribution in [-0.4, -0.2) is 55.5 Å². The summed E-state index contributed by atoms with van der Waals surface area (Å²) in [5, 5.41) is 3.04. The summed E-state index contributed by atoms with van der Waals surface area (Å²) in [6.45, 7) is 2.05. The number of carbonyl (C=O) groups excluding carboxylic acids is 2. The van der Waals surface area contributed by atoms with Gasteiger partial charge in [-0.1, -0.05) is 11.6 Å². The van der Waals surface area contributed by atoms with Gasteiger partial charge in [-0.15, -0.1) is 0 Å². The number of aromatic nitrogens is 1. The van der Waals surface area contributed by atoms with E-state index in [9.17, 15) is 18.0 Å². The molecule has 0 unspecified atom stereocenters. The van der Waals surface area contributed by atoms with Crippen LogP contribution in [0, 0.1) is 0 Å². The Morgan fingerprint density at radius 2 is 2.03 bits per heavy atom. The summed E-state index contributed by atoms with van der Waals surface area (Å²) in [6, 6.07) is 5.16. The van der Waals surface area contributed by atoms with Crippen LogP contribution in [0.5, 0.6) is 5.75 Å². The van der Waals surface area contributed by atoms with Crippen LogP contribution in [0.4, 0.5) is 5.69 Å². The van der Waals surface area contributed by atoms with Gasteiger partial charge in [-0.25, -0.2) is 13.2 Å². The molecule has 3 rings (SSSR count). The van der Waals surface area contributed by atoms with Crippen LogP contribution < -0.4 is 10.1 Å². The number of nitrogens with one attached hydrogen (secondary N) is 1. The first-order valence-corrected chi connectivity index (χ1v) is 11.5. The summed E-state index contributed by atoms with van der Waals surface area (Å²) in [6.07, 6.45) is 2.27. The lowest BCUT2D eigenvalue weighted by molar-refractivity contribution is -0.119. The lowest BCUT2D eigenvalue weighted by atomic mass is 10.2. The van der Waals surface area contributed by atoms with Gasteiger partial charge < -0.3 is 19.4 Å². The van der Waals surface area contributed by atoms with Gasteiger partial charge in [-0.2, -0.15) is 4.31 Å². The third-order valence-corrected chi connectivity index (χ3v) is 7.17. The fraction of sp³-hybridized carbons (Fsp3) is 0.400. The van der Waals surface area contributed by atoms with Crippen LogP contribution in [0.1, 0.15) is 30.3 Å². The Bertz CT molecular complexity index is 1100. The van der Waals surface area contributed by atoms with Crippen molar-refractivity contribution in [3.05, 3.63) is 41.2 Å². The van der Waals surface area contributed by atoms with Crippen molar-refractivity contribution < 1.29 is 27.5 Å². The Balaban J connectivity index is 1.82. The SMILES string of the molecule is CCOC(=O)c1cc(S(=O)(=O)N2CCC[C@H]2C(=O)Nc2ccc(OC)c(Cl)c2)cn1C. The lowest BCUT2D eigenvalue weighted by Crippen LogP contribution is -2.43. The number of anilines is 1. The molecule has 0 aliphatic carbocycles. The predicted octanol–water partition coefficient (Wildman–Crippen LogP) is 2.66. The Morgan fingerprint density at radius 1 is 1.29 bits per heavy atom. The topological polar surface area (TPSA) is 107 Å². The van der Waals surface area contributed by atoms with E-state index in [0.29, 0.717) is 29.3 Å². The molecule has 0 saturated carbocycles. The van der Waals surface area contributed by atoms with Gasteiger partial charge >= 0.3 is 5.97 Å². The highest BCUT2D eigenvalue weighted by molar-refractivity contribution is 7.89. The van der Waals surface area contributed by atoms with Gasteiger partial charge in [0.1, 0.15) is 22.4 Å². The van der Waals surface area contributed by atoms with Crippen LogP contribution in [-0.2, 0) is 26.6 Å². The van der Waals surface area contributed by atoms with Crippen molar-refractivity contribution in [1.29, 1.82) is 0 Å². The Hall–Kier alpha value is -2.56. The van der Waals surface area contributed by atoms with Crippen LogP contribution in [0.3, 0.4) is 0 Å². The standard InChI is InChI=1S/C20H24ClN3O6S/c1-4-30-20(26)17-11-14(12-23(17)2)31(27,28)24-9-5-6-16(24)19(25)22-13-7-8-18(29-3)15(21)10-13/h7-8,10-12,16H,4-6,9H2,1-3H3,(H,22,25)/t16-/m0/s1. The van der Waals surface area contributed by atoms with Gasteiger partial charge in [0.15, 0.2) is 0 Å². The minimum atomic E-state index is -4.00. The summed E-state index contributed by atoms with van der Waals surface area (Å²) >= 11 is 6.10. The zero-order valence-corrected chi connectivity index (χ0v) is 19.0. The van der Waals surface area contributed by atoms with Gasteiger partial charge in [-0.3, -0.25) is 4.79 Å². The third-order valence-electron chi connectivity index (χ3n) is 5.00. The number of hydrogen-bond acceptors (Lipinski definition) is 6. The van der Waals surface area contributed by atoms with E-state index in [-0.39, 0.29) is 23.7 Å². The lowest BCUT2D eigenvalue weighted by Gasteiger charge is -2.23. The van der Waals surface area contributed by atoms with Crippen molar-refractivity contribution in [3.63, 3.8) is 0 Å². The number of rotatable bonds is 7. The van der Waals surface area contributed by atoms with Crippen molar-refractivity contribution in [1.82, 2.24) is 8.87 Å². The number of benzene rings is 1. The second-order valence-electron chi connectivity index (χ2n) is 7.00. The number of sulfonamides is 1. The molecule has 11 heteroatoms. The normalized spacial score (nSPS) is 16.8. The van der Waals surface area contributed by atoms with E-state index in [4.69, 9.17) is 21.1 Å². The highest BCUT2D eigenvalue weighted by Gasteiger charge is 2.40. The van der Waals surface area contributed by atoms with E-state index < -0.39 is 27.9 Å². The molecule has 1 fully saturated rings. The average molecular weight is 470 g/mol. The molecular formula is C20H24ClN3O6S. The number of esters is 1. The summed E-state index contributed by atoms with van der Waals surface area (Å²) in [4.78, 5) is 24.8. The zero-order valence-electron chi connectivity index (χ0n) is 17.4. The van der Waals surface area contributed by atoms with Crippen molar-refractivity contribution in [2.24, 2.45) is 7.05 Å². The fourth-order valence-corrected chi connectivity index (χ4v) is 5.46. The van der Waals surface area contributed by atoms with Gasteiger partial charge in [0, 0.05) is 25.5 Å². The Kier molecular flexibility index (Phi) is 6.93. The maximum Gasteiger partial charge on any atom is 0.354 e. The number of carbonyl (C=O) groups is 2. The summed E-state index contributed by atoms with van der Waals surface area (Å²) in [5.74, 6) is -0.603. The molecule has 1 aliphatic rings. The van der Waals surface area contributed by atoms with Crippen molar-refractivity contribution in [3.8, 4) is 5.75 Å². The molecule has 9 nitrogen and oxygen atoms in total. The summed E-state index contributed by atoms with van der Waals surface area (Å²) < 4.78 is 39.1. The highest BCUT2D eigenvalue weighted by Crippen LogP contribution is 2.30. The molecule has 0 spiro atoms. The molecule has 0 radical (unpaired) electrons. The van der Waals surface area contributed by atoms with Gasteiger partial charge in [-0.05, 0) is 44.0 Å². The largest absolute Gasteiger partial charge is 0.495 e. The fourth-order valence-electron chi connectivity index (χ4n) is 3.48. The highest BCUT2D eigenvalue weighted by atomic mass is 35.5. The third kappa shape index (κ3) is 4.70. The smallest absolute Gasteiger partial charge is 0.354 e.